The van der Waals surface area contributed by atoms with Gasteiger partial charge in [-0.2, -0.15) is 9.41 Å². The third kappa shape index (κ3) is 4.75. The maximum Gasteiger partial charge on any atom is 0.243 e. The van der Waals surface area contributed by atoms with Gasteiger partial charge in [-0.25, -0.2) is 18.2 Å². The van der Waals surface area contributed by atoms with Crippen LogP contribution in [0.3, 0.4) is 0 Å². The maximum absolute atomic E-state index is 13.0. The van der Waals surface area contributed by atoms with Crippen molar-refractivity contribution in [1.29, 1.82) is 0 Å². The topological polar surface area (TPSA) is 91.7 Å². The van der Waals surface area contributed by atoms with Crippen LogP contribution >= 0.6 is 0 Å². The number of piperidine rings is 1. The molecule has 1 aromatic heterocycles. The van der Waals surface area contributed by atoms with Gasteiger partial charge in [-0.1, -0.05) is 0 Å². The van der Waals surface area contributed by atoms with Gasteiger partial charge in [0.15, 0.2) is 0 Å². The van der Waals surface area contributed by atoms with Crippen molar-refractivity contribution >= 4 is 22.1 Å². The van der Waals surface area contributed by atoms with E-state index in [0.29, 0.717) is 12.8 Å². The van der Waals surface area contributed by atoms with Crippen molar-refractivity contribution in [3.63, 3.8) is 0 Å². The fourth-order valence-electron chi connectivity index (χ4n) is 2.83. The molecular weight excluding hydrogens is 371 g/mol. The van der Waals surface area contributed by atoms with Crippen molar-refractivity contribution in [2.24, 2.45) is 11.0 Å². The quantitative estimate of drug-likeness (QED) is 0.622. The first-order chi connectivity index (χ1) is 13.0. The summed E-state index contributed by atoms with van der Waals surface area (Å²) in [5.41, 5.74) is 3.30. The average molecular weight is 390 g/mol. The predicted molar refractivity (Wildman–Crippen MR) is 97.9 cm³/mol. The Balaban J connectivity index is 1.54. The number of carbonyl (C=O) groups is 1. The van der Waals surface area contributed by atoms with E-state index in [2.05, 4.69) is 15.5 Å². The molecule has 1 amide bonds. The number of carbonyl (C=O) groups excluding carboxylic acids is 1. The van der Waals surface area contributed by atoms with Crippen LogP contribution in [0.5, 0.6) is 0 Å². The van der Waals surface area contributed by atoms with Crippen LogP contribution in [0.15, 0.2) is 58.8 Å². The van der Waals surface area contributed by atoms with Crippen LogP contribution in [-0.2, 0) is 14.8 Å². The summed E-state index contributed by atoms with van der Waals surface area (Å²) in [5, 5.41) is 3.92. The lowest BCUT2D eigenvalue weighted by atomic mass is 9.98. The van der Waals surface area contributed by atoms with E-state index in [4.69, 9.17) is 0 Å². The highest BCUT2D eigenvalue weighted by atomic mass is 32.2. The molecule has 2 heterocycles. The highest BCUT2D eigenvalue weighted by Gasteiger charge is 2.32. The van der Waals surface area contributed by atoms with E-state index >= 15 is 0 Å². The fraction of sp³-hybridized carbons (Fsp3) is 0.278. The number of aromatic nitrogens is 1. The molecule has 1 fully saturated rings. The molecule has 0 unspecified atom stereocenters. The lowest BCUT2D eigenvalue weighted by molar-refractivity contribution is -0.126. The van der Waals surface area contributed by atoms with Crippen LogP contribution in [-0.4, -0.2) is 42.9 Å². The predicted octanol–water partition coefficient (Wildman–Crippen LogP) is 1.77. The molecule has 3 rings (SSSR count). The third-order valence-electron chi connectivity index (χ3n) is 4.37. The average Bonchev–Trinajstić information content (AvgIpc) is 2.69. The molecule has 1 aromatic carbocycles. The highest BCUT2D eigenvalue weighted by Crippen LogP contribution is 2.24. The summed E-state index contributed by atoms with van der Waals surface area (Å²) in [6.07, 6.45) is 5.57. The Bertz CT molecular complexity index is 909. The number of halogens is 1. The molecule has 1 aliphatic rings. The van der Waals surface area contributed by atoms with Crippen LogP contribution in [0, 0.1) is 11.7 Å². The van der Waals surface area contributed by atoms with Crippen LogP contribution in [0.25, 0.3) is 0 Å². The number of rotatable bonds is 5. The van der Waals surface area contributed by atoms with Crippen LogP contribution in [0.1, 0.15) is 18.4 Å². The first kappa shape index (κ1) is 19.1. The lowest BCUT2D eigenvalue weighted by Crippen LogP contribution is -2.42. The van der Waals surface area contributed by atoms with Gasteiger partial charge in [0.05, 0.1) is 11.1 Å². The van der Waals surface area contributed by atoms with Gasteiger partial charge in [0.25, 0.3) is 0 Å². The number of sulfonamides is 1. The van der Waals surface area contributed by atoms with Gasteiger partial charge in [0.2, 0.25) is 15.9 Å². The SMILES string of the molecule is O=C(N/N=C\c1ccncc1)C1CCN(S(=O)(=O)c2ccc(F)cc2)CC1. The number of nitrogens with zero attached hydrogens (tertiary/aromatic N) is 3. The molecular formula is C18H19FN4O3S. The Labute approximate surface area is 157 Å². The largest absolute Gasteiger partial charge is 0.273 e. The molecule has 27 heavy (non-hydrogen) atoms. The fourth-order valence-corrected chi connectivity index (χ4v) is 4.29. The number of nitrogens with one attached hydrogen (secondary N) is 1. The molecule has 0 spiro atoms. The second-order valence-corrected chi connectivity index (χ2v) is 8.09. The minimum atomic E-state index is -3.68. The first-order valence-corrected chi connectivity index (χ1v) is 9.89. The zero-order valence-electron chi connectivity index (χ0n) is 14.5. The van der Waals surface area contributed by atoms with E-state index < -0.39 is 15.8 Å². The molecule has 2 aromatic rings. The zero-order valence-corrected chi connectivity index (χ0v) is 15.3. The summed E-state index contributed by atoms with van der Waals surface area (Å²) in [7, 11) is -3.68. The number of pyridine rings is 1. The Hall–Kier alpha value is -2.65. The van der Waals surface area contributed by atoms with Crippen molar-refractivity contribution in [2.45, 2.75) is 17.7 Å². The van der Waals surface area contributed by atoms with Crippen molar-refractivity contribution in [2.75, 3.05) is 13.1 Å². The molecule has 0 radical (unpaired) electrons. The zero-order chi connectivity index (χ0) is 19.3. The molecule has 1 saturated heterocycles. The number of amides is 1. The summed E-state index contributed by atoms with van der Waals surface area (Å²) in [4.78, 5) is 16.1. The van der Waals surface area contributed by atoms with Crippen molar-refractivity contribution in [3.05, 3.63) is 60.2 Å². The Kier molecular flexibility index (Phi) is 5.92. The second-order valence-electron chi connectivity index (χ2n) is 6.15. The number of hydrazone groups is 1. The van der Waals surface area contributed by atoms with Gasteiger partial charge in [-0.15, -0.1) is 0 Å². The molecule has 9 heteroatoms. The minimum absolute atomic E-state index is 0.0498. The van der Waals surface area contributed by atoms with Crippen molar-refractivity contribution in [1.82, 2.24) is 14.7 Å². The van der Waals surface area contributed by atoms with E-state index in [1.807, 2.05) is 0 Å². The Morgan fingerprint density at radius 2 is 1.78 bits per heavy atom. The molecule has 1 aliphatic heterocycles. The van der Waals surface area contributed by atoms with E-state index in [1.54, 1.807) is 24.5 Å². The Morgan fingerprint density at radius 1 is 1.15 bits per heavy atom. The normalized spacial score (nSPS) is 16.5. The van der Waals surface area contributed by atoms with E-state index in [-0.39, 0.29) is 29.8 Å². The van der Waals surface area contributed by atoms with Gasteiger partial charge >= 0.3 is 0 Å². The number of hydrogen-bond donors (Lipinski definition) is 1. The smallest absolute Gasteiger partial charge is 0.243 e. The molecule has 0 saturated carbocycles. The van der Waals surface area contributed by atoms with E-state index in [1.165, 1.54) is 22.7 Å². The second kappa shape index (κ2) is 8.36. The van der Waals surface area contributed by atoms with Crippen LogP contribution in [0.4, 0.5) is 4.39 Å². The molecule has 1 N–H and O–H groups in total. The summed E-state index contributed by atoms with van der Waals surface area (Å²) in [6, 6.07) is 8.25. The minimum Gasteiger partial charge on any atom is -0.273 e. The molecule has 0 bridgehead atoms. The number of hydrogen-bond acceptors (Lipinski definition) is 5. The van der Waals surface area contributed by atoms with Crippen molar-refractivity contribution < 1.29 is 17.6 Å². The molecule has 0 atom stereocenters. The summed E-state index contributed by atoms with van der Waals surface area (Å²) in [5.74, 6) is -1.03. The molecule has 7 nitrogen and oxygen atoms in total. The monoisotopic (exact) mass is 390 g/mol. The Morgan fingerprint density at radius 3 is 2.41 bits per heavy atom. The summed E-state index contributed by atoms with van der Waals surface area (Å²) in [6.45, 7) is 0.456. The standard InChI is InChI=1S/C18H19FN4O3S/c19-16-1-3-17(4-2-16)27(25,26)23-11-7-15(8-12-23)18(24)22-21-13-14-5-9-20-10-6-14/h1-6,9-10,13,15H,7-8,11-12H2,(H,22,24)/b21-13-. The van der Waals surface area contributed by atoms with Gasteiger partial charge in [-0.05, 0) is 54.8 Å². The van der Waals surface area contributed by atoms with Gasteiger partial charge < -0.3 is 0 Å². The van der Waals surface area contributed by atoms with E-state index in [9.17, 15) is 17.6 Å². The lowest BCUT2D eigenvalue weighted by Gasteiger charge is -2.30. The highest BCUT2D eigenvalue weighted by molar-refractivity contribution is 7.89. The van der Waals surface area contributed by atoms with Gasteiger partial charge in [0, 0.05) is 31.4 Å². The van der Waals surface area contributed by atoms with Gasteiger partial charge in [-0.3, -0.25) is 9.78 Å². The van der Waals surface area contributed by atoms with Gasteiger partial charge in [0.1, 0.15) is 5.82 Å². The summed E-state index contributed by atoms with van der Waals surface area (Å²) >= 11 is 0. The van der Waals surface area contributed by atoms with E-state index in [0.717, 1.165) is 17.7 Å². The molecule has 142 valence electrons. The van der Waals surface area contributed by atoms with Crippen LogP contribution in [0.2, 0.25) is 0 Å². The van der Waals surface area contributed by atoms with Crippen molar-refractivity contribution in [3.8, 4) is 0 Å². The molecule has 0 aliphatic carbocycles. The first-order valence-electron chi connectivity index (χ1n) is 8.45. The summed E-state index contributed by atoms with van der Waals surface area (Å²) < 4.78 is 39.5. The van der Waals surface area contributed by atoms with Crippen LogP contribution < -0.4 is 5.43 Å². The number of benzene rings is 1. The maximum atomic E-state index is 13.0. The third-order valence-corrected chi connectivity index (χ3v) is 6.28.